The van der Waals surface area contributed by atoms with Gasteiger partial charge in [-0.05, 0) is 6.92 Å². The molecule has 7 nitrogen and oxygen atoms in total. The molecule has 1 aromatic carbocycles. The Hall–Kier alpha value is -2.22. The Morgan fingerprint density at radius 2 is 1.82 bits per heavy atom. The second kappa shape index (κ2) is 5.20. The Morgan fingerprint density at radius 1 is 1.14 bits per heavy atom. The largest absolute Gasteiger partial charge is 0.431 e. The topological polar surface area (TPSA) is 85.3 Å². The van der Waals surface area contributed by atoms with Crippen molar-refractivity contribution in [1.82, 2.24) is 5.06 Å². The lowest BCUT2D eigenvalue weighted by Crippen LogP contribution is -2.68. The van der Waals surface area contributed by atoms with E-state index in [1.807, 2.05) is 0 Å². The van der Waals surface area contributed by atoms with Gasteiger partial charge in [0.2, 0.25) is 0 Å². The number of benzene rings is 1. The van der Waals surface area contributed by atoms with Crippen molar-refractivity contribution in [2.24, 2.45) is 0 Å². The maximum atomic E-state index is 11.9. The first-order chi connectivity index (χ1) is 10.5. The van der Waals surface area contributed by atoms with Gasteiger partial charge in [-0.25, -0.2) is 9.59 Å². The fraction of sp³-hybridized carbons (Fsp3) is 0.333. The number of carbonyl (C=O) groups excluding carboxylic acids is 2. The Balaban J connectivity index is 2.10. The van der Waals surface area contributed by atoms with E-state index < -0.39 is 23.5 Å². The van der Waals surface area contributed by atoms with Crippen molar-refractivity contribution in [3.05, 3.63) is 48.0 Å². The molecule has 2 unspecified atom stereocenters. The Labute approximate surface area is 126 Å². The third-order valence-corrected chi connectivity index (χ3v) is 3.73. The Kier molecular flexibility index (Phi) is 3.48. The molecule has 116 valence electrons. The van der Waals surface area contributed by atoms with Gasteiger partial charge in [-0.1, -0.05) is 35.4 Å². The lowest BCUT2D eigenvalue weighted by Gasteiger charge is -2.51. The van der Waals surface area contributed by atoms with E-state index in [0.29, 0.717) is 5.56 Å². The highest BCUT2D eigenvalue weighted by Gasteiger charge is 2.61. The van der Waals surface area contributed by atoms with Crippen LogP contribution in [-0.2, 0) is 29.7 Å². The van der Waals surface area contributed by atoms with E-state index in [1.165, 1.54) is 6.92 Å². The van der Waals surface area contributed by atoms with E-state index in [2.05, 4.69) is 0 Å². The molecule has 0 saturated carbocycles. The second-order valence-corrected chi connectivity index (χ2v) is 5.11. The second-order valence-electron chi connectivity index (χ2n) is 5.11. The lowest BCUT2D eigenvalue weighted by atomic mass is 9.93. The first-order valence-electron chi connectivity index (χ1n) is 6.78. The van der Waals surface area contributed by atoms with Crippen LogP contribution in [0.3, 0.4) is 0 Å². The predicted molar refractivity (Wildman–Crippen MR) is 72.7 cm³/mol. The van der Waals surface area contributed by atoms with Crippen LogP contribution in [-0.4, -0.2) is 41.0 Å². The fourth-order valence-corrected chi connectivity index (χ4v) is 2.57. The van der Waals surface area contributed by atoms with E-state index in [0.717, 1.165) is 17.2 Å². The van der Waals surface area contributed by atoms with Crippen LogP contribution in [0.15, 0.2) is 42.5 Å². The van der Waals surface area contributed by atoms with Crippen molar-refractivity contribution in [3.63, 3.8) is 0 Å². The molecule has 3 rings (SSSR count). The summed E-state index contributed by atoms with van der Waals surface area (Å²) in [6.45, 7) is 1.68. The molecule has 22 heavy (non-hydrogen) atoms. The van der Waals surface area contributed by atoms with Gasteiger partial charge in [0.25, 0.3) is 11.5 Å². The highest BCUT2D eigenvalue weighted by Crippen LogP contribution is 2.42. The van der Waals surface area contributed by atoms with Crippen molar-refractivity contribution in [2.45, 2.75) is 18.4 Å². The van der Waals surface area contributed by atoms with E-state index in [-0.39, 0.29) is 13.2 Å². The van der Waals surface area contributed by atoms with Crippen LogP contribution < -0.4 is 0 Å². The molecule has 1 saturated heterocycles. The zero-order chi connectivity index (χ0) is 15.8. The van der Waals surface area contributed by atoms with Crippen molar-refractivity contribution >= 4 is 11.9 Å². The van der Waals surface area contributed by atoms with E-state index >= 15 is 0 Å². The molecular formula is C15H15NO6. The highest BCUT2D eigenvalue weighted by atomic mass is 16.8. The number of ether oxygens (including phenoxy) is 2. The van der Waals surface area contributed by atoms with E-state index in [9.17, 15) is 14.7 Å². The van der Waals surface area contributed by atoms with Gasteiger partial charge in [0.05, 0.1) is 13.2 Å². The number of aliphatic hydroxyl groups is 1. The standard InChI is InChI=1S/C15H15NO6/c1-14-15(19,11-5-3-2-4-6-11)20-10-9-16(14)22-13(18)8-7-12(17)21-14/h2-8,19H,9-10H2,1H3/b8-7+. The van der Waals surface area contributed by atoms with Crippen LogP contribution in [0.5, 0.6) is 0 Å². The number of nitrogens with zero attached hydrogens (tertiary/aromatic N) is 1. The molecule has 0 amide bonds. The van der Waals surface area contributed by atoms with Crippen molar-refractivity contribution < 1.29 is 29.0 Å². The minimum absolute atomic E-state index is 0.0928. The summed E-state index contributed by atoms with van der Waals surface area (Å²) in [6.07, 6.45) is 1.92. The molecule has 1 fully saturated rings. The van der Waals surface area contributed by atoms with Gasteiger partial charge in [-0.15, -0.1) is 0 Å². The quantitative estimate of drug-likeness (QED) is 0.754. The molecule has 0 radical (unpaired) electrons. The molecule has 2 heterocycles. The van der Waals surface area contributed by atoms with Crippen molar-refractivity contribution in [3.8, 4) is 0 Å². The fourth-order valence-electron chi connectivity index (χ4n) is 2.57. The average Bonchev–Trinajstić information content (AvgIpc) is 2.50. The molecule has 7 heteroatoms. The molecule has 0 spiro atoms. The maximum Gasteiger partial charge on any atom is 0.350 e. The number of rotatable bonds is 1. The number of hydrogen-bond donors (Lipinski definition) is 1. The molecule has 2 atom stereocenters. The van der Waals surface area contributed by atoms with E-state index in [1.54, 1.807) is 30.3 Å². The minimum Gasteiger partial charge on any atom is -0.431 e. The number of hydroxylamine groups is 2. The van der Waals surface area contributed by atoms with E-state index in [4.69, 9.17) is 14.3 Å². The normalized spacial score (nSPS) is 33.9. The summed E-state index contributed by atoms with van der Waals surface area (Å²) in [5.74, 6) is -3.47. The van der Waals surface area contributed by atoms with Gasteiger partial charge in [0.15, 0.2) is 0 Å². The Morgan fingerprint density at radius 3 is 2.55 bits per heavy atom. The first-order valence-corrected chi connectivity index (χ1v) is 6.78. The average molecular weight is 305 g/mol. The van der Waals surface area contributed by atoms with Crippen LogP contribution in [0, 0.1) is 0 Å². The molecule has 1 N–H and O–H groups in total. The summed E-state index contributed by atoms with van der Waals surface area (Å²) in [6, 6.07) is 8.49. The number of morpholine rings is 1. The van der Waals surface area contributed by atoms with Gasteiger partial charge in [-0.3, -0.25) is 0 Å². The molecule has 0 aliphatic carbocycles. The lowest BCUT2D eigenvalue weighted by molar-refractivity contribution is -0.425. The smallest absolute Gasteiger partial charge is 0.350 e. The summed E-state index contributed by atoms with van der Waals surface area (Å²) in [4.78, 5) is 28.6. The summed E-state index contributed by atoms with van der Waals surface area (Å²) in [7, 11) is 0. The van der Waals surface area contributed by atoms with Crippen LogP contribution in [0.4, 0.5) is 0 Å². The molecular weight excluding hydrogens is 290 g/mol. The molecule has 0 aromatic heterocycles. The number of fused-ring (bicyclic) bond motifs is 1. The summed E-state index contributed by atoms with van der Waals surface area (Å²) in [5, 5.41) is 12.2. The van der Waals surface area contributed by atoms with Gasteiger partial charge in [0.1, 0.15) is 0 Å². The molecule has 2 aliphatic rings. The maximum absolute atomic E-state index is 11.9. The van der Waals surface area contributed by atoms with Gasteiger partial charge in [0, 0.05) is 17.7 Å². The van der Waals surface area contributed by atoms with Gasteiger partial charge in [-0.2, -0.15) is 0 Å². The van der Waals surface area contributed by atoms with Crippen LogP contribution in [0.2, 0.25) is 0 Å². The van der Waals surface area contributed by atoms with Crippen molar-refractivity contribution in [1.29, 1.82) is 0 Å². The molecule has 1 aromatic rings. The number of esters is 1. The van der Waals surface area contributed by atoms with Crippen LogP contribution in [0.1, 0.15) is 12.5 Å². The number of carbonyl (C=O) groups is 2. The zero-order valence-electron chi connectivity index (χ0n) is 11.9. The minimum atomic E-state index is -1.98. The third-order valence-electron chi connectivity index (χ3n) is 3.73. The molecule has 2 aliphatic heterocycles. The monoisotopic (exact) mass is 305 g/mol. The predicted octanol–water partition coefficient (Wildman–Crippen LogP) is 0.451. The number of hydrogen-bond acceptors (Lipinski definition) is 7. The molecule has 0 bridgehead atoms. The third kappa shape index (κ3) is 2.19. The SMILES string of the molecule is CC12OC(=O)/C=C/C(=O)ON1CCOC2(O)c1ccccc1. The van der Waals surface area contributed by atoms with Gasteiger partial charge < -0.3 is 19.4 Å². The van der Waals surface area contributed by atoms with Crippen LogP contribution in [0.25, 0.3) is 0 Å². The zero-order valence-corrected chi connectivity index (χ0v) is 11.9. The summed E-state index contributed by atoms with van der Waals surface area (Å²) in [5.41, 5.74) is -1.33. The Bertz CT molecular complexity index is 630. The summed E-state index contributed by atoms with van der Waals surface area (Å²) < 4.78 is 10.9. The van der Waals surface area contributed by atoms with Gasteiger partial charge >= 0.3 is 11.9 Å². The van der Waals surface area contributed by atoms with Crippen molar-refractivity contribution in [2.75, 3.05) is 13.2 Å². The first kappa shape index (κ1) is 14.7. The highest BCUT2D eigenvalue weighted by molar-refractivity contribution is 5.92. The summed E-state index contributed by atoms with van der Waals surface area (Å²) >= 11 is 0. The van der Waals surface area contributed by atoms with Crippen LogP contribution >= 0.6 is 0 Å².